The van der Waals surface area contributed by atoms with E-state index in [1.165, 1.54) is 30.5 Å². The summed E-state index contributed by atoms with van der Waals surface area (Å²) >= 11 is 0. The number of nitrogens with one attached hydrogen (secondary N) is 3. The molecule has 0 amide bonds. The Morgan fingerprint density at radius 3 is 2.46 bits per heavy atom. The Labute approximate surface area is 215 Å². The summed E-state index contributed by atoms with van der Waals surface area (Å²) in [6.07, 6.45) is 0.335. The number of H-pyrrole nitrogens is 1. The third-order valence-corrected chi connectivity index (χ3v) is 7.98. The Balaban J connectivity index is 1.66. The smallest absolute Gasteiger partial charge is 0.338 e. The predicted octanol–water partition coefficient (Wildman–Crippen LogP) is 5.53. The minimum absolute atomic E-state index is 0.0917. The maximum absolute atomic E-state index is 13.8. The number of rotatable bonds is 6. The predicted molar refractivity (Wildman–Crippen MR) is 138 cm³/mol. The first-order chi connectivity index (χ1) is 17.4. The van der Waals surface area contributed by atoms with Crippen LogP contribution >= 0.6 is 0 Å². The lowest BCUT2D eigenvalue weighted by molar-refractivity contribution is -0.152. The van der Waals surface area contributed by atoms with E-state index in [0.717, 1.165) is 25.7 Å². The molecule has 0 spiro atoms. The van der Waals surface area contributed by atoms with Crippen LogP contribution in [0.25, 0.3) is 15.7 Å². The molecule has 0 saturated heterocycles. The van der Waals surface area contributed by atoms with Crippen LogP contribution in [0.1, 0.15) is 64.1 Å². The second-order valence-electron chi connectivity index (χ2n) is 10.1. The highest BCUT2D eigenvalue weighted by molar-refractivity contribution is 7.84. The lowest BCUT2D eigenvalue weighted by Crippen LogP contribution is -2.41. The van der Waals surface area contributed by atoms with Crippen LogP contribution in [0.5, 0.6) is 0 Å². The van der Waals surface area contributed by atoms with Gasteiger partial charge in [-0.25, -0.2) is 15.5 Å². The van der Waals surface area contributed by atoms with Gasteiger partial charge in [0, 0.05) is 18.3 Å². The number of alkyl halides is 3. The van der Waals surface area contributed by atoms with Gasteiger partial charge >= 0.3 is 6.18 Å². The Hall–Kier alpha value is -3.17. The Kier molecular flexibility index (Phi) is 7.48. The van der Waals surface area contributed by atoms with Gasteiger partial charge in [0.15, 0.2) is 5.82 Å². The molecule has 0 bridgehead atoms. The monoisotopic (exact) mass is 534 g/mol. The Morgan fingerprint density at radius 2 is 1.84 bits per heavy atom. The summed E-state index contributed by atoms with van der Waals surface area (Å²) in [6.45, 7) is 12.4. The molecule has 1 aliphatic carbocycles. The fourth-order valence-electron chi connectivity index (χ4n) is 4.47. The Morgan fingerprint density at radius 1 is 1.16 bits per heavy atom. The zero-order chi connectivity index (χ0) is 27.0. The summed E-state index contributed by atoms with van der Waals surface area (Å²) in [5.74, 6) is 0.262. The van der Waals surface area contributed by atoms with Crippen molar-refractivity contribution >= 4 is 33.4 Å². The molecule has 3 aromatic rings. The molecular weight excluding hydrogens is 505 g/mol. The molecule has 12 heteroatoms. The summed E-state index contributed by atoms with van der Waals surface area (Å²) in [5.41, 5.74) is 0.575. The van der Waals surface area contributed by atoms with Gasteiger partial charge in [-0.15, -0.1) is 0 Å². The van der Waals surface area contributed by atoms with Crippen LogP contribution in [0, 0.1) is 6.57 Å². The van der Waals surface area contributed by atoms with Crippen LogP contribution in [-0.2, 0) is 11.0 Å². The zero-order valence-corrected chi connectivity index (χ0v) is 21.5. The largest absolute Gasteiger partial charge is 0.408 e. The molecule has 2 heterocycles. The normalized spacial score (nSPS) is 20.4. The highest BCUT2D eigenvalue weighted by atomic mass is 32.2. The number of nitrogens with zero attached hydrogens (tertiary/aromatic N) is 3. The van der Waals surface area contributed by atoms with E-state index in [2.05, 4.69) is 25.0 Å². The first kappa shape index (κ1) is 26.9. The van der Waals surface area contributed by atoms with Crippen molar-refractivity contribution in [2.75, 3.05) is 5.32 Å². The summed E-state index contributed by atoms with van der Waals surface area (Å²) in [5, 5.41) is 8.02. The van der Waals surface area contributed by atoms with E-state index in [4.69, 9.17) is 6.57 Å². The average Bonchev–Trinajstić information content (AvgIpc) is 3.21. The number of fused-ring (bicyclic) bond motifs is 1. The van der Waals surface area contributed by atoms with Crippen molar-refractivity contribution in [3.05, 3.63) is 63.9 Å². The molecule has 4 atom stereocenters. The van der Waals surface area contributed by atoms with Gasteiger partial charge in [-0.1, -0.05) is 18.6 Å². The van der Waals surface area contributed by atoms with E-state index in [1.54, 1.807) is 31.5 Å². The molecule has 2 aromatic heterocycles. The maximum Gasteiger partial charge on any atom is 0.408 e. The van der Waals surface area contributed by atoms with Gasteiger partial charge in [-0.2, -0.15) is 18.3 Å². The summed E-state index contributed by atoms with van der Waals surface area (Å²) < 4.78 is 56.8. The third-order valence-electron chi connectivity index (χ3n) is 6.42. The molecule has 0 radical (unpaired) electrons. The van der Waals surface area contributed by atoms with E-state index < -0.39 is 28.0 Å². The van der Waals surface area contributed by atoms with Crippen molar-refractivity contribution in [1.29, 1.82) is 0 Å². The van der Waals surface area contributed by atoms with Crippen molar-refractivity contribution in [3.8, 4) is 0 Å². The number of pyridine rings is 1. The number of hydrogen-bond donors (Lipinski definition) is 3. The second-order valence-corrected chi connectivity index (χ2v) is 12.1. The Bertz CT molecular complexity index is 1390. The van der Waals surface area contributed by atoms with Crippen LogP contribution in [0.2, 0.25) is 0 Å². The quantitative estimate of drug-likeness (QED) is 0.363. The summed E-state index contributed by atoms with van der Waals surface area (Å²) in [4.78, 5) is 19.1. The summed E-state index contributed by atoms with van der Waals surface area (Å²) in [6, 6.07) is 4.73. The van der Waals surface area contributed by atoms with Crippen molar-refractivity contribution in [2.45, 2.75) is 75.5 Å². The van der Waals surface area contributed by atoms with E-state index in [0.29, 0.717) is 16.6 Å². The van der Waals surface area contributed by atoms with Crippen molar-refractivity contribution < 1.29 is 17.4 Å². The number of hydrogen-bond acceptors (Lipinski definition) is 4. The molecule has 1 saturated carbocycles. The molecule has 3 N–H and O–H groups in total. The molecule has 0 aliphatic heterocycles. The minimum Gasteiger partial charge on any atom is -0.338 e. The molecule has 4 rings (SSSR count). The fraction of sp³-hybridized carbons (Fsp3) is 0.480. The number of anilines is 2. The molecular formula is C25H29F3N6O2S. The number of aromatic nitrogens is 3. The molecule has 37 heavy (non-hydrogen) atoms. The highest BCUT2D eigenvalue weighted by Gasteiger charge is 2.43. The molecule has 1 aromatic carbocycles. The molecule has 0 unspecified atom stereocenters. The van der Waals surface area contributed by atoms with Gasteiger partial charge in [0.2, 0.25) is 6.04 Å². The maximum atomic E-state index is 13.8. The number of aromatic amines is 1. The topological polar surface area (TPSA) is 96.2 Å². The van der Waals surface area contributed by atoms with Crippen molar-refractivity contribution in [1.82, 2.24) is 19.5 Å². The lowest BCUT2D eigenvalue weighted by atomic mass is 9.91. The van der Waals surface area contributed by atoms with Crippen LogP contribution in [0.3, 0.4) is 0 Å². The molecule has 1 fully saturated rings. The fourth-order valence-corrected chi connectivity index (χ4v) is 5.31. The van der Waals surface area contributed by atoms with E-state index in [9.17, 15) is 22.2 Å². The van der Waals surface area contributed by atoms with Gasteiger partial charge in [-0.05, 0) is 57.4 Å². The second kappa shape index (κ2) is 10.3. The van der Waals surface area contributed by atoms with Crippen molar-refractivity contribution in [2.24, 2.45) is 0 Å². The SMILES string of the molecule is [C-]#[N+][C@H]1CCCC[C@@H]1n1nc(Nc2ccc([C@@H](N[S@@](=O)C(C)(C)C)C(F)(F)F)cc2)c2c(=O)[nH]ccc21. The zero-order valence-electron chi connectivity index (χ0n) is 20.7. The van der Waals surface area contributed by atoms with Crippen LogP contribution in [0.15, 0.2) is 41.3 Å². The average molecular weight is 535 g/mol. The minimum atomic E-state index is -4.66. The van der Waals surface area contributed by atoms with Gasteiger partial charge in [0.1, 0.15) is 17.5 Å². The van der Waals surface area contributed by atoms with Gasteiger partial charge in [0.25, 0.3) is 5.56 Å². The van der Waals surface area contributed by atoms with Crippen LogP contribution in [0.4, 0.5) is 24.7 Å². The summed E-state index contributed by atoms with van der Waals surface area (Å²) in [7, 11) is -1.93. The van der Waals surface area contributed by atoms with Crippen LogP contribution < -0.4 is 15.6 Å². The highest BCUT2D eigenvalue weighted by Crippen LogP contribution is 2.36. The lowest BCUT2D eigenvalue weighted by Gasteiger charge is -2.26. The molecule has 8 nitrogen and oxygen atoms in total. The van der Waals surface area contributed by atoms with Crippen molar-refractivity contribution in [3.63, 3.8) is 0 Å². The molecule has 198 valence electrons. The number of benzene rings is 1. The van der Waals surface area contributed by atoms with Gasteiger partial charge in [-0.3, -0.25) is 9.48 Å². The molecule has 1 aliphatic rings. The van der Waals surface area contributed by atoms with E-state index >= 15 is 0 Å². The van der Waals surface area contributed by atoms with E-state index in [-0.39, 0.29) is 29.0 Å². The third kappa shape index (κ3) is 5.72. The van der Waals surface area contributed by atoms with Crippen LogP contribution in [-0.4, -0.2) is 35.9 Å². The van der Waals surface area contributed by atoms with Gasteiger partial charge < -0.3 is 15.1 Å². The standard InChI is InChI=1S/C25H29F3N6O2S/c1-24(2,3)37(36)33-21(25(26,27)28)15-9-11-16(12-10-15)31-22-20-19(13-14-30-23(20)35)34(32-22)18-8-6-5-7-17(18)29-4/h9-14,17-18,21,33H,5-8H2,1-3H3,(H,30,35)(H,31,32)/t17-,18-,21+,37-/m0/s1. The van der Waals surface area contributed by atoms with Gasteiger partial charge in [0.05, 0.1) is 21.2 Å². The first-order valence-electron chi connectivity index (χ1n) is 12.0. The van der Waals surface area contributed by atoms with E-state index in [1.807, 2.05) is 0 Å². The first-order valence-corrected chi connectivity index (χ1v) is 13.1. The number of halogens is 3.